The molecule has 0 bridgehead atoms. The zero-order chi connectivity index (χ0) is 34.7. The van der Waals surface area contributed by atoms with E-state index < -0.39 is 6.04 Å². The van der Waals surface area contributed by atoms with Crippen LogP contribution in [0.3, 0.4) is 0 Å². The fourth-order valence-corrected chi connectivity index (χ4v) is 5.82. The number of Topliss-reactive ketones (excluding diaryl/α,β-unsaturated/α-hetero) is 2. The van der Waals surface area contributed by atoms with Gasteiger partial charge in [-0.25, -0.2) is 0 Å². The summed E-state index contributed by atoms with van der Waals surface area (Å²) >= 11 is 3.49. The topological polar surface area (TPSA) is 109 Å². The molecule has 0 radical (unpaired) electrons. The second-order valence-corrected chi connectivity index (χ2v) is 12.8. The Morgan fingerprint density at radius 3 is 1.60 bits per heavy atom. The Morgan fingerprint density at radius 2 is 1.13 bits per heavy atom. The van der Waals surface area contributed by atoms with E-state index in [0.29, 0.717) is 65.7 Å². The summed E-state index contributed by atoms with van der Waals surface area (Å²) in [6, 6.07) is -0.556. The normalized spacial score (nSPS) is 12.8. The Kier molecular flexibility index (Phi) is 40.9. The van der Waals surface area contributed by atoms with Crippen LogP contribution in [0.15, 0.2) is 0 Å². The molecule has 1 unspecified atom stereocenters. The third-order valence-electron chi connectivity index (χ3n) is 6.50. The Balaban J connectivity index is -0.00000422. The first-order chi connectivity index (χ1) is 21.8. The van der Waals surface area contributed by atoms with Crippen LogP contribution in [0.1, 0.15) is 87.5 Å². The van der Waals surface area contributed by atoms with Crippen molar-refractivity contribution in [2.75, 3.05) is 90.1 Å². The van der Waals surface area contributed by atoms with Crippen molar-refractivity contribution in [1.82, 2.24) is 5.32 Å². The number of amides is 1. The van der Waals surface area contributed by atoms with Crippen molar-refractivity contribution >= 4 is 41.0 Å². The van der Waals surface area contributed by atoms with Gasteiger partial charge in [0.15, 0.2) is 5.78 Å². The molecule has 0 aromatic carbocycles. The molecule has 9 nitrogen and oxygen atoms in total. The first-order valence-corrected chi connectivity index (χ1v) is 19.3. The van der Waals surface area contributed by atoms with Gasteiger partial charge in [0.1, 0.15) is 5.78 Å². The molecule has 0 aromatic heterocycles. The third-order valence-corrected chi connectivity index (χ3v) is 8.46. The van der Waals surface area contributed by atoms with Gasteiger partial charge in [-0.15, -0.1) is 0 Å². The number of ketones is 2. The number of carbonyl (C=O) groups is 3. The monoisotopic (exact) mass is 683 g/mol. The molecule has 270 valence electrons. The van der Waals surface area contributed by atoms with Gasteiger partial charge in [0.25, 0.3) is 0 Å². The maximum Gasteiger partial charge on any atom is 0.223 e. The Morgan fingerprint density at radius 1 is 0.667 bits per heavy atom. The fourth-order valence-electron chi connectivity index (χ4n) is 3.99. The van der Waals surface area contributed by atoms with Crippen LogP contribution in [0.25, 0.3) is 0 Å². The first-order valence-electron chi connectivity index (χ1n) is 17.0. The van der Waals surface area contributed by atoms with E-state index in [9.17, 15) is 14.4 Å². The first kappa shape index (κ1) is 48.7. The van der Waals surface area contributed by atoms with E-state index in [4.69, 9.17) is 23.7 Å². The lowest BCUT2D eigenvalue weighted by molar-refractivity contribution is -0.132. The Hall–Kier alpha value is -0.690. The molecular weight excluding hydrogens is 615 g/mol. The molecule has 0 saturated carbocycles. The van der Waals surface area contributed by atoms with Crippen LogP contribution in [0.2, 0.25) is 0 Å². The molecule has 3 atom stereocenters. The number of rotatable bonds is 30. The minimum absolute atomic E-state index is 0.0210. The number of nitrogens with one attached hydrogen (secondary N) is 1. The van der Waals surface area contributed by atoms with Crippen molar-refractivity contribution in [2.45, 2.75) is 93.5 Å². The van der Waals surface area contributed by atoms with Crippen molar-refractivity contribution in [3.05, 3.63) is 0 Å². The third kappa shape index (κ3) is 31.7. The van der Waals surface area contributed by atoms with Gasteiger partial charge < -0.3 is 29.0 Å². The number of hydrogen-bond donors (Lipinski definition) is 1. The number of hydrogen-bond acceptors (Lipinski definition) is 10. The van der Waals surface area contributed by atoms with Crippen molar-refractivity contribution in [3.8, 4) is 0 Å². The number of methoxy groups -OCH3 is 2. The second-order valence-electron chi connectivity index (χ2n) is 10.4. The van der Waals surface area contributed by atoms with E-state index in [1.54, 1.807) is 44.7 Å². The summed E-state index contributed by atoms with van der Waals surface area (Å²) in [6.07, 6.45) is 2.88. The van der Waals surface area contributed by atoms with Gasteiger partial charge in [-0.3, -0.25) is 14.4 Å². The van der Waals surface area contributed by atoms with E-state index in [2.05, 4.69) is 5.32 Å². The van der Waals surface area contributed by atoms with Gasteiger partial charge in [0.05, 0.1) is 58.9 Å². The summed E-state index contributed by atoms with van der Waals surface area (Å²) in [5.41, 5.74) is 0. The molecule has 0 spiro atoms. The van der Waals surface area contributed by atoms with Gasteiger partial charge in [-0.2, -0.15) is 23.5 Å². The predicted octanol–water partition coefficient (Wildman–Crippen LogP) is 6.35. The van der Waals surface area contributed by atoms with E-state index in [-0.39, 0.29) is 41.6 Å². The van der Waals surface area contributed by atoms with Crippen LogP contribution in [-0.2, 0) is 38.1 Å². The molecule has 0 aliphatic heterocycles. The maximum absolute atomic E-state index is 13.3. The number of ether oxygens (including phenoxy) is 5. The van der Waals surface area contributed by atoms with Gasteiger partial charge in [0, 0.05) is 44.0 Å². The van der Waals surface area contributed by atoms with Crippen LogP contribution in [0.4, 0.5) is 0 Å². The smallest absolute Gasteiger partial charge is 0.223 e. The summed E-state index contributed by atoms with van der Waals surface area (Å²) < 4.78 is 26.4. The summed E-state index contributed by atoms with van der Waals surface area (Å²) in [5, 5.41) is 3.04. The van der Waals surface area contributed by atoms with Crippen molar-refractivity contribution < 1.29 is 38.1 Å². The van der Waals surface area contributed by atoms with Crippen LogP contribution in [-0.4, -0.2) is 114 Å². The standard InChI is InChI=1S/C30H57NO8S2.2C2H6/c1-7-26(8-18-40-20-16-36-6)30(34)31-28(22-24(2)3)29(33)23-27(25(4)32)9-19-41-21-17-39-15-14-38-13-12-37-11-10-35-5;2*1-2/h24,26-28H,7-23H2,1-6H3,(H,31,34);2*1-2H3/t26-,27?,28-;;/m0../s1. The predicted molar refractivity (Wildman–Crippen MR) is 192 cm³/mol. The van der Waals surface area contributed by atoms with Crippen molar-refractivity contribution in [3.63, 3.8) is 0 Å². The highest BCUT2D eigenvalue weighted by Crippen LogP contribution is 2.20. The Bertz CT molecular complexity index is 670. The lowest BCUT2D eigenvalue weighted by Crippen LogP contribution is -2.45. The summed E-state index contributed by atoms with van der Waals surface area (Å²) in [7, 11) is 3.32. The molecule has 0 saturated heterocycles. The molecule has 0 fully saturated rings. The molecule has 0 heterocycles. The SMILES string of the molecule is CC.CC.CC[C@@H](CCSCCOC)C(=O)N[C@@H](CC(C)C)C(=O)CC(CCSCCOCCOCCOCCOC)C(C)=O. The molecule has 0 aromatic rings. The van der Waals surface area contributed by atoms with Gasteiger partial charge in [-0.1, -0.05) is 48.5 Å². The summed E-state index contributed by atoms with van der Waals surface area (Å²) in [5.74, 6) is 3.08. The van der Waals surface area contributed by atoms with Gasteiger partial charge in [-0.05, 0) is 50.0 Å². The van der Waals surface area contributed by atoms with Crippen LogP contribution in [0, 0.1) is 17.8 Å². The molecule has 11 heteroatoms. The van der Waals surface area contributed by atoms with E-state index in [1.165, 1.54) is 0 Å². The zero-order valence-electron chi connectivity index (χ0n) is 30.4. The van der Waals surface area contributed by atoms with Crippen LogP contribution >= 0.6 is 23.5 Å². The van der Waals surface area contributed by atoms with Gasteiger partial charge in [0.2, 0.25) is 5.91 Å². The zero-order valence-corrected chi connectivity index (χ0v) is 32.0. The van der Waals surface area contributed by atoms with E-state index in [1.807, 2.05) is 48.5 Å². The second kappa shape index (κ2) is 37.8. The van der Waals surface area contributed by atoms with Crippen LogP contribution < -0.4 is 5.32 Å². The lowest BCUT2D eigenvalue weighted by Gasteiger charge is -2.24. The average molecular weight is 684 g/mol. The lowest BCUT2D eigenvalue weighted by atomic mass is 9.89. The minimum Gasteiger partial charge on any atom is -0.384 e. The summed E-state index contributed by atoms with van der Waals surface area (Å²) in [6.45, 7) is 20.2. The van der Waals surface area contributed by atoms with Crippen molar-refractivity contribution in [1.29, 1.82) is 0 Å². The summed E-state index contributed by atoms with van der Waals surface area (Å²) in [4.78, 5) is 38.7. The highest BCUT2D eigenvalue weighted by atomic mass is 32.2. The van der Waals surface area contributed by atoms with E-state index >= 15 is 0 Å². The molecule has 1 amide bonds. The molecule has 0 rings (SSSR count). The quantitative estimate of drug-likeness (QED) is 0.0861. The van der Waals surface area contributed by atoms with Gasteiger partial charge >= 0.3 is 0 Å². The molecule has 0 aliphatic carbocycles. The highest BCUT2D eigenvalue weighted by molar-refractivity contribution is 7.99. The van der Waals surface area contributed by atoms with Crippen molar-refractivity contribution in [2.24, 2.45) is 17.8 Å². The molecular formula is C34H69NO8S2. The number of thioether (sulfide) groups is 2. The average Bonchev–Trinajstić information content (AvgIpc) is 3.03. The fraction of sp³-hybridized carbons (Fsp3) is 0.912. The highest BCUT2D eigenvalue weighted by Gasteiger charge is 2.28. The molecule has 45 heavy (non-hydrogen) atoms. The maximum atomic E-state index is 13.3. The largest absolute Gasteiger partial charge is 0.384 e. The van der Waals surface area contributed by atoms with E-state index in [0.717, 1.165) is 35.9 Å². The number of carbonyl (C=O) groups excluding carboxylic acids is 3. The van der Waals surface area contributed by atoms with Crippen LogP contribution in [0.5, 0.6) is 0 Å². The molecule has 1 N–H and O–H groups in total. The minimum atomic E-state index is -0.556. The molecule has 0 aliphatic rings. The Labute approximate surface area is 285 Å².